The zero-order chi connectivity index (χ0) is 16.3. The molecule has 1 aromatic carbocycles. The molecule has 0 radical (unpaired) electrons. The highest BCUT2D eigenvalue weighted by Gasteiger charge is 2.26. The normalized spacial score (nSPS) is 20.6. The lowest BCUT2D eigenvalue weighted by molar-refractivity contribution is 0.342. The predicted molar refractivity (Wildman–Crippen MR) is 80.8 cm³/mol. The maximum absolute atomic E-state index is 11.0. The fourth-order valence-electron chi connectivity index (χ4n) is 2.27. The van der Waals surface area contributed by atoms with Gasteiger partial charge in [0, 0.05) is 12.2 Å². The molecule has 0 saturated carbocycles. The molecule has 0 heterocycles. The van der Waals surface area contributed by atoms with Crippen LogP contribution in [0.2, 0.25) is 0 Å². The number of hydrogen-bond donors (Lipinski definition) is 5. The van der Waals surface area contributed by atoms with Crippen LogP contribution in [0.1, 0.15) is 12.0 Å². The summed E-state index contributed by atoms with van der Waals surface area (Å²) in [5.74, 6) is -1.15. The van der Waals surface area contributed by atoms with Crippen molar-refractivity contribution in [1.82, 2.24) is 0 Å². The Balaban J connectivity index is 2.21. The number of phenols is 1. The van der Waals surface area contributed by atoms with Crippen LogP contribution in [0.3, 0.4) is 0 Å². The molecule has 7 nitrogen and oxygen atoms in total. The fraction of sp³-hybridized carbons (Fsp3) is 0.214. The first-order valence-corrected chi connectivity index (χ1v) is 8.06. The molecule has 0 saturated heterocycles. The smallest absolute Gasteiger partial charge is 0.448 e. The Morgan fingerprint density at radius 2 is 1.86 bits per heavy atom. The summed E-state index contributed by atoms with van der Waals surface area (Å²) < 4.78 is 14.3. The van der Waals surface area contributed by atoms with Crippen LogP contribution in [0.25, 0.3) is 0 Å². The van der Waals surface area contributed by atoms with E-state index in [4.69, 9.17) is 9.79 Å². The highest BCUT2D eigenvalue weighted by molar-refractivity contribution is 7.50. The summed E-state index contributed by atoms with van der Waals surface area (Å²) in [7, 11) is -4.67. The number of aryl methyl sites for hydroxylation is 1. The van der Waals surface area contributed by atoms with Crippen molar-refractivity contribution in [3.8, 4) is 5.75 Å². The van der Waals surface area contributed by atoms with E-state index in [2.05, 4.69) is 4.76 Å². The van der Waals surface area contributed by atoms with Crippen LogP contribution in [0, 0.1) is 5.92 Å². The number of aromatic hydroxyl groups is 1. The minimum Gasteiger partial charge on any atom is -0.511 e. The van der Waals surface area contributed by atoms with Gasteiger partial charge in [-0.05, 0) is 30.5 Å². The van der Waals surface area contributed by atoms with Crippen LogP contribution in [0.4, 0.5) is 0 Å². The average molecular weight is 325 g/mol. The van der Waals surface area contributed by atoms with E-state index < -0.39 is 13.7 Å². The minimum atomic E-state index is -4.67. The first-order chi connectivity index (χ1) is 10.2. The van der Waals surface area contributed by atoms with Gasteiger partial charge in [-0.3, -0.25) is 0 Å². The number of benzene rings is 1. The van der Waals surface area contributed by atoms with E-state index in [1.807, 2.05) is 0 Å². The van der Waals surface area contributed by atoms with Gasteiger partial charge < -0.3 is 25.1 Å². The Bertz CT molecular complexity index is 703. The Morgan fingerprint density at radius 3 is 2.50 bits per heavy atom. The molecule has 0 spiro atoms. The summed E-state index contributed by atoms with van der Waals surface area (Å²) in [5.41, 5.74) is 0.730. The summed E-state index contributed by atoms with van der Waals surface area (Å²) in [6.45, 7) is 0. The van der Waals surface area contributed by atoms with Gasteiger partial charge in [0.05, 0.1) is 11.6 Å². The molecule has 1 atom stereocenters. The van der Waals surface area contributed by atoms with Crippen molar-refractivity contribution < 1.29 is 29.7 Å². The van der Waals surface area contributed by atoms with Gasteiger partial charge in [-0.2, -0.15) is 4.76 Å². The number of rotatable bonds is 4. The van der Waals surface area contributed by atoms with Crippen LogP contribution in [0.5, 0.6) is 5.75 Å². The molecular weight excluding hydrogens is 309 g/mol. The van der Waals surface area contributed by atoms with Crippen LogP contribution >= 0.6 is 7.75 Å². The van der Waals surface area contributed by atoms with Crippen molar-refractivity contribution in [2.24, 2.45) is 10.7 Å². The molecule has 22 heavy (non-hydrogen) atoms. The monoisotopic (exact) mass is 325 g/mol. The van der Waals surface area contributed by atoms with E-state index in [0.717, 1.165) is 17.7 Å². The standard InChI is InChI=1S/C14H16NO6P/c16-10-3-1-2-9(6-10)4-5-12-13(15-22(19,20)21)7-11(17)8-14(12)18/h1-3,6-8,12,16-18H,4-5H2,(H2,19,20,21)/b15-13+. The summed E-state index contributed by atoms with van der Waals surface area (Å²) in [6, 6.07) is 6.56. The third-order valence-electron chi connectivity index (χ3n) is 3.18. The topological polar surface area (TPSA) is 131 Å². The molecule has 0 aliphatic heterocycles. The number of allylic oxidation sites excluding steroid dienone is 3. The van der Waals surface area contributed by atoms with Crippen molar-refractivity contribution in [2.45, 2.75) is 12.8 Å². The number of nitrogens with zero attached hydrogens (tertiary/aromatic N) is 1. The Morgan fingerprint density at radius 1 is 1.14 bits per heavy atom. The highest BCUT2D eigenvalue weighted by Crippen LogP contribution is 2.39. The van der Waals surface area contributed by atoms with E-state index in [1.165, 1.54) is 6.07 Å². The Labute approximate surface area is 126 Å². The van der Waals surface area contributed by atoms with Gasteiger partial charge in [-0.25, -0.2) is 4.57 Å². The summed E-state index contributed by atoms with van der Waals surface area (Å²) in [5, 5.41) is 28.8. The van der Waals surface area contributed by atoms with Gasteiger partial charge in [0.25, 0.3) is 0 Å². The maximum Gasteiger partial charge on any atom is 0.448 e. The first kappa shape index (κ1) is 16.3. The third kappa shape index (κ3) is 4.46. The van der Waals surface area contributed by atoms with Gasteiger partial charge in [0.15, 0.2) is 0 Å². The van der Waals surface area contributed by atoms with Crippen LogP contribution < -0.4 is 0 Å². The quantitative estimate of drug-likeness (QED) is 0.540. The number of aliphatic hydroxyl groups excluding tert-OH is 2. The fourth-order valence-corrected chi connectivity index (χ4v) is 2.76. The van der Waals surface area contributed by atoms with Gasteiger partial charge in [0.1, 0.15) is 17.3 Å². The van der Waals surface area contributed by atoms with Crippen molar-refractivity contribution in [2.75, 3.05) is 0 Å². The Hall–Kier alpha value is -2.08. The highest BCUT2D eigenvalue weighted by atomic mass is 31.2. The van der Waals surface area contributed by atoms with E-state index in [1.54, 1.807) is 18.2 Å². The molecule has 1 aliphatic carbocycles. The zero-order valence-electron chi connectivity index (χ0n) is 11.5. The van der Waals surface area contributed by atoms with E-state index >= 15 is 0 Å². The minimum absolute atomic E-state index is 0.0778. The molecule has 0 fully saturated rings. The van der Waals surface area contributed by atoms with E-state index in [9.17, 15) is 19.9 Å². The second-order valence-corrected chi connectivity index (χ2v) is 6.16. The maximum atomic E-state index is 11.0. The molecule has 1 aromatic rings. The summed E-state index contributed by atoms with van der Waals surface area (Å²) in [4.78, 5) is 17.9. The molecule has 118 valence electrons. The summed E-state index contributed by atoms with van der Waals surface area (Å²) in [6.07, 6.45) is 3.00. The number of phenolic OH excluding ortho intramolecular Hbond substituents is 1. The lowest BCUT2D eigenvalue weighted by Crippen LogP contribution is -2.20. The van der Waals surface area contributed by atoms with Gasteiger partial charge in [0.2, 0.25) is 0 Å². The van der Waals surface area contributed by atoms with Crippen LogP contribution in [0.15, 0.2) is 52.7 Å². The molecule has 8 heteroatoms. The lowest BCUT2D eigenvalue weighted by Gasteiger charge is -2.20. The number of aliphatic hydroxyl groups is 2. The van der Waals surface area contributed by atoms with Crippen LogP contribution in [-0.2, 0) is 11.0 Å². The SMILES string of the molecule is O=P(O)(O)/N=C1\C=C(O)C=C(O)C1CCc1cccc(O)c1. The lowest BCUT2D eigenvalue weighted by atomic mass is 9.89. The van der Waals surface area contributed by atoms with E-state index in [-0.39, 0.29) is 23.0 Å². The molecule has 0 bridgehead atoms. The van der Waals surface area contributed by atoms with Gasteiger partial charge in [-0.1, -0.05) is 12.1 Å². The second-order valence-electron chi connectivity index (χ2n) is 4.94. The third-order valence-corrected chi connectivity index (χ3v) is 3.68. The second kappa shape index (κ2) is 6.36. The largest absolute Gasteiger partial charge is 0.511 e. The molecule has 1 unspecified atom stereocenters. The van der Waals surface area contributed by atoms with E-state index in [0.29, 0.717) is 12.8 Å². The molecular formula is C14H16NO6P. The van der Waals surface area contributed by atoms with Crippen LogP contribution in [-0.4, -0.2) is 30.8 Å². The van der Waals surface area contributed by atoms with Gasteiger partial charge in [-0.15, -0.1) is 0 Å². The molecule has 2 rings (SSSR count). The Kier molecular flexibility index (Phi) is 4.71. The summed E-state index contributed by atoms with van der Waals surface area (Å²) >= 11 is 0. The average Bonchev–Trinajstić information content (AvgIpc) is 2.35. The zero-order valence-corrected chi connectivity index (χ0v) is 12.4. The van der Waals surface area contributed by atoms with Crippen molar-refractivity contribution >= 4 is 13.5 Å². The van der Waals surface area contributed by atoms with Crippen molar-refractivity contribution in [3.63, 3.8) is 0 Å². The predicted octanol–water partition coefficient (Wildman–Crippen LogP) is 2.37. The molecule has 0 amide bonds. The number of hydrogen-bond acceptors (Lipinski definition) is 4. The van der Waals surface area contributed by atoms with Gasteiger partial charge >= 0.3 is 7.75 Å². The molecule has 1 aliphatic rings. The molecule has 5 N–H and O–H groups in total. The molecule has 0 aromatic heterocycles. The van der Waals surface area contributed by atoms with Crippen molar-refractivity contribution in [3.05, 3.63) is 53.5 Å². The van der Waals surface area contributed by atoms with Crippen molar-refractivity contribution in [1.29, 1.82) is 0 Å². The first-order valence-electron chi connectivity index (χ1n) is 6.49.